The number of fused-ring (bicyclic) bond motifs is 1. The maximum Gasteiger partial charge on any atom is 0.202 e. The first-order valence-electron chi connectivity index (χ1n) is 5.79. The molecule has 18 heavy (non-hydrogen) atoms. The van der Waals surface area contributed by atoms with Gasteiger partial charge in [-0.2, -0.15) is 0 Å². The molecule has 90 valence electrons. The number of tetrazole rings is 1. The third-order valence-electron chi connectivity index (χ3n) is 3.16. The highest BCUT2D eigenvalue weighted by Gasteiger charge is 2.08. The van der Waals surface area contributed by atoms with Crippen LogP contribution in [0.4, 0.5) is 0 Å². The highest BCUT2D eigenvalue weighted by Crippen LogP contribution is 2.21. The van der Waals surface area contributed by atoms with E-state index in [0.29, 0.717) is 5.65 Å². The second kappa shape index (κ2) is 3.87. The van der Waals surface area contributed by atoms with E-state index in [4.69, 9.17) is 0 Å². The predicted octanol–water partition coefficient (Wildman–Crippen LogP) is 2.11. The van der Waals surface area contributed by atoms with Crippen molar-refractivity contribution in [1.29, 1.82) is 0 Å². The van der Waals surface area contributed by atoms with Crippen LogP contribution in [-0.2, 0) is 0 Å². The van der Waals surface area contributed by atoms with Crippen LogP contribution in [0, 0.1) is 20.8 Å². The van der Waals surface area contributed by atoms with Gasteiger partial charge in [-0.3, -0.25) is 0 Å². The summed E-state index contributed by atoms with van der Waals surface area (Å²) < 4.78 is 1.47. The van der Waals surface area contributed by atoms with Crippen molar-refractivity contribution in [2.45, 2.75) is 20.8 Å². The Morgan fingerprint density at radius 3 is 2.56 bits per heavy atom. The van der Waals surface area contributed by atoms with E-state index in [1.54, 1.807) is 0 Å². The summed E-state index contributed by atoms with van der Waals surface area (Å²) in [6.07, 6.45) is 0. The number of benzene rings is 1. The fraction of sp³-hybridized carbons (Fsp3) is 0.231. The SMILES string of the molecule is Cc1ccc(-c2cc(C)c3nnnn3n2)cc1C. The summed E-state index contributed by atoms with van der Waals surface area (Å²) in [6.45, 7) is 6.18. The van der Waals surface area contributed by atoms with Crippen LogP contribution in [0.5, 0.6) is 0 Å². The lowest BCUT2D eigenvalue weighted by Gasteiger charge is -2.05. The fourth-order valence-corrected chi connectivity index (χ4v) is 1.93. The van der Waals surface area contributed by atoms with E-state index in [9.17, 15) is 0 Å². The molecule has 0 saturated heterocycles. The third-order valence-corrected chi connectivity index (χ3v) is 3.16. The molecule has 0 bridgehead atoms. The highest BCUT2D eigenvalue weighted by molar-refractivity contribution is 5.63. The third kappa shape index (κ3) is 1.64. The predicted molar refractivity (Wildman–Crippen MR) is 68.2 cm³/mol. The van der Waals surface area contributed by atoms with Crippen molar-refractivity contribution in [1.82, 2.24) is 25.3 Å². The molecule has 2 heterocycles. The molecule has 2 aromatic heterocycles. The first-order chi connectivity index (χ1) is 8.65. The van der Waals surface area contributed by atoms with Gasteiger partial charge < -0.3 is 0 Å². The molecular weight excluding hydrogens is 226 g/mol. The lowest BCUT2D eigenvalue weighted by molar-refractivity contribution is 0.735. The summed E-state index contributed by atoms with van der Waals surface area (Å²) in [5.41, 5.74) is 6.21. The fourth-order valence-electron chi connectivity index (χ4n) is 1.93. The first kappa shape index (κ1) is 10.8. The molecule has 0 saturated carbocycles. The van der Waals surface area contributed by atoms with Gasteiger partial charge in [0.15, 0.2) is 0 Å². The van der Waals surface area contributed by atoms with Crippen molar-refractivity contribution in [3.05, 3.63) is 41.0 Å². The van der Waals surface area contributed by atoms with E-state index >= 15 is 0 Å². The van der Waals surface area contributed by atoms with Gasteiger partial charge in [0.05, 0.1) is 5.69 Å². The summed E-state index contributed by atoms with van der Waals surface area (Å²) in [5, 5.41) is 15.8. The number of rotatable bonds is 1. The monoisotopic (exact) mass is 239 g/mol. The molecular formula is C13H13N5. The van der Waals surface area contributed by atoms with Crippen molar-refractivity contribution in [3.8, 4) is 11.3 Å². The maximum atomic E-state index is 4.42. The van der Waals surface area contributed by atoms with E-state index in [0.717, 1.165) is 16.8 Å². The standard InChI is InChI=1S/C13H13N5/c1-8-4-5-11(6-9(8)2)12-7-10(3)13-14-16-17-18(13)15-12/h4-7H,1-3H3. The van der Waals surface area contributed by atoms with Gasteiger partial charge in [-0.15, -0.1) is 14.8 Å². The molecule has 0 atom stereocenters. The van der Waals surface area contributed by atoms with Crippen molar-refractivity contribution in [2.24, 2.45) is 0 Å². The molecule has 3 aromatic rings. The van der Waals surface area contributed by atoms with Crippen molar-refractivity contribution in [2.75, 3.05) is 0 Å². The lowest BCUT2D eigenvalue weighted by Crippen LogP contribution is -1.99. The molecule has 1 aromatic carbocycles. The van der Waals surface area contributed by atoms with Crippen molar-refractivity contribution in [3.63, 3.8) is 0 Å². The minimum Gasteiger partial charge on any atom is -0.147 e. The van der Waals surface area contributed by atoms with Gasteiger partial charge in [0.1, 0.15) is 0 Å². The minimum atomic E-state index is 0.697. The summed E-state index contributed by atoms with van der Waals surface area (Å²) in [4.78, 5) is 0. The number of hydrogen-bond donors (Lipinski definition) is 0. The number of aromatic nitrogens is 5. The Morgan fingerprint density at radius 1 is 0.944 bits per heavy atom. The molecule has 0 aliphatic rings. The molecule has 3 rings (SSSR count). The molecule has 0 N–H and O–H groups in total. The topological polar surface area (TPSA) is 56.0 Å². The molecule has 0 amide bonds. The van der Waals surface area contributed by atoms with E-state index in [2.05, 4.69) is 52.7 Å². The summed E-state index contributed by atoms with van der Waals surface area (Å²) in [6, 6.07) is 8.31. The average Bonchev–Trinajstić information content (AvgIpc) is 2.81. The Bertz CT molecular complexity index is 729. The summed E-state index contributed by atoms with van der Waals surface area (Å²) in [7, 11) is 0. The first-order valence-corrected chi connectivity index (χ1v) is 5.79. The zero-order valence-corrected chi connectivity index (χ0v) is 10.5. The summed E-state index contributed by atoms with van der Waals surface area (Å²) in [5.74, 6) is 0. The van der Waals surface area contributed by atoms with Crippen LogP contribution < -0.4 is 0 Å². The Labute approximate surface area is 104 Å². The van der Waals surface area contributed by atoms with Crippen molar-refractivity contribution >= 4 is 5.65 Å². The van der Waals surface area contributed by atoms with Crippen LogP contribution >= 0.6 is 0 Å². The second-order valence-electron chi connectivity index (χ2n) is 4.50. The van der Waals surface area contributed by atoms with Gasteiger partial charge in [-0.1, -0.05) is 12.1 Å². The number of nitrogens with zero attached hydrogens (tertiary/aromatic N) is 5. The van der Waals surface area contributed by atoms with Crippen LogP contribution in [0.2, 0.25) is 0 Å². The van der Waals surface area contributed by atoms with Crippen LogP contribution in [-0.4, -0.2) is 25.3 Å². The van der Waals surface area contributed by atoms with Gasteiger partial charge in [0.2, 0.25) is 5.65 Å². The Hall–Kier alpha value is -2.30. The summed E-state index contributed by atoms with van der Waals surface area (Å²) >= 11 is 0. The molecule has 0 radical (unpaired) electrons. The lowest BCUT2D eigenvalue weighted by atomic mass is 10.0. The van der Waals surface area contributed by atoms with Crippen LogP contribution in [0.1, 0.15) is 16.7 Å². The maximum absolute atomic E-state index is 4.42. The normalized spacial score (nSPS) is 11.1. The Morgan fingerprint density at radius 2 is 1.78 bits per heavy atom. The quantitative estimate of drug-likeness (QED) is 0.652. The van der Waals surface area contributed by atoms with Gasteiger partial charge in [0, 0.05) is 5.56 Å². The van der Waals surface area contributed by atoms with E-state index in [-0.39, 0.29) is 0 Å². The Kier molecular flexibility index (Phi) is 2.33. The van der Waals surface area contributed by atoms with Gasteiger partial charge in [-0.05, 0) is 60.0 Å². The zero-order chi connectivity index (χ0) is 12.7. The zero-order valence-electron chi connectivity index (χ0n) is 10.5. The smallest absolute Gasteiger partial charge is 0.147 e. The van der Waals surface area contributed by atoms with E-state index in [1.165, 1.54) is 15.8 Å². The Balaban J connectivity index is 2.21. The van der Waals surface area contributed by atoms with Crippen LogP contribution in [0.25, 0.3) is 16.9 Å². The minimum absolute atomic E-state index is 0.697. The molecule has 0 aliphatic carbocycles. The second-order valence-corrected chi connectivity index (χ2v) is 4.50. The van der Waals surface area contributed by atoms with Gasteiger partial charge in [0.25, 0.3) is 0 Å². The molecule has 5 heteroatoms. The molecule has 0 unspecified atom stereocenters. The van der Waals surface area contributed by atoms with E-state index in [1.807, 2.05) is 13.0 Å². The number of aryl methyl sites for hydroxylation is 3. The van der Waals surface area contributed by atoms with Crippen molar-refractivity contribution < 1.29 is 0 Å². The molecule has 0 aliphatic heterocycles. The number of hydrogen-bond acceptors (Lipinski definition) is 4. The van der Waals surface area contributed by atoms with Gasteiger partial charge >= 0.3 is 0 Å². The molecule has 0 spiro atoms. The average molecular weight is 239 g/mol. The van der Waals surface area contributed by atoms with Crippen LogP contribution in [0.3, 0.4) is 0 Å². The van der Waals surface area contributed by atoms with Gasteiger partial charge in [-0.25, -0.2) is 0 Å². The molecule has 0 fully saturated rings. The highest BCUT2D eigenvalue weighted by atomic mass is 15.6. The molecule has 5 nitrogen and oxygen atoms in total. The van der Waals surface area contributed by atoms with E-state index < -0.39 is 0 Å². The van der Waals surface area contributed by atoms with Crippen LogP contribution in [0.15, 0.2) is 24.3 Å². The largest absolute Gasteiger partial charge is 0.202 e.